The van der Waals surface area contributed by atoms with E-state index in [0.29, 0.717) is 12.8 Å². The molecule has 0 aromatic heterocycles. The van der Waals surface area contributed by atoms with Gasteiger partial charge in [0.2, 0.25) is 11.8 Å². The zero-order chi connectivity index (χ0) is 13.3. The van der Waals surface area contributed by atoms with E-state index < -0.39 is 25.4 Å². The number of imide groups is 1. The molecule has 0 radical (unpaired) electrons. The van der Waals surface area contributed by atoms with Crippen LogP contribution in [0.5, 0.6) is 0 Å². The molecule has 0 aromatic carbocycles. The lowest BCUT2D eigenvalue weighted by Gasteiger charge is -2.36. The fourth-order valence-electron chi connectivity index (χ4n) is 2.99. The maximum absolute atomic E-state index is 12.2. The highest BCUT2D eigenvalue weighted by molar-refractivity contribution is 6.06. The number of carbonyl (C=O) groups is 2. The minimum Gasteiger partial charge on any atom is -0.394 e. The van der Waals surface area contributed by atoms with Crippen molar-refractivity contribution in [2.24, 2.45) is 11.8 Å². The third kappa shape index (κ3) is 1.75. The second-order valence-electron chi connectivity index (χ2n) is 5.21. The van der Waals surface area contributed by atoms with E-state index in [1.54, 1.807) is 0 Å². The van der Waals surface area contributed by atoms with E-state index in [-0.39, 0.29) is 23.7 Å². The summed E-state index contributed by atoms with van der Waals surface area (Å²) in [5.41, 5.74) is -1.56. The van der Waals surface area contributed by atoms with Gasteiger partial charge in [0, 0.05) is 0 Å². The van der Waals surface area contributed by atoms with Crippen LogP contribution < -0.4 is 0 Å². The molecule has 2 aliphatic rings. The summed E-state index contributed by atoms with van der Waals surface area (Å²) in [5, 5.41) is 28.0. The van der Waals surface area contributed by atoms with Gasteiger partial charge in [0.25, 0.3) is 0 Å². The van der Waals surface area contributed by atoms with Crippen molar-refractivity contribution >= 4 is 11.8 Å². The molecule has 102 valence electrons. The van der Waals surface area contributed by atoms with Crippen LogP contribution in [-0.4, -0.2) is 57.4 Å². The Morgan fingerprint density at radius 3 is 1.67 bits per heavy atom. The van der Waals surface area contributed by atoms with E-state index in [1.807, 2.05) is 0 Å². The summed E-state index contributed by atoms with van der Waals surface area (Å²) in [4.78, 5) is 25.4. The Morgan fingerprint density at radius 1 is 0.944 bits per heavy atom. The van der Waals surface area contributed by atoms with Crippen LogP contribution >= 0.6 is 0 Å². The molecule has 3 N–H and O–H groups in total. The number of hydrogen-bond acceptors (Lipinski definition) is 5. The van der Waals surface area contributed by atoms with Gasteiger partial charge in [-0.25, -0.2) is 0 Å². The van der Waals surface area contributed by atoms with Crippen molar-refractivity contribution in [2.75, 3.05) is 19.8 Å². The summed E-state index contributed by atoms with van der Waals surface area (Å²) >= 11 is 0. The SMILES string of the molecule is O=C1C2CCCCC2C(=O)N1C(CO)(CO)CO. The fourth-order valence-corrected chi connectivity index (χ4v) is 2.99. The van der Waals surface area contributed by atoms with Gasteiger partial charge in [0.15, 0.2) is 0 Å². The first-order chi connectivity index (χ1) is 8.61. The van der Waals surface area contributed by atoms with Crippen LogP contribution in [0.2, 0.25) is 0 Å². The molecule has 2 atom stereocenters. The molecule has 2 fully saturated rings. The molecule has 1 heterocycles. The summed E-state index contributed by atoms with van der Waals surface area (Å²) in [6.07, 6.45) is 3.17. The van der Waals surface area contributed by atoms with Crippen LogP contribution in [-0.2, 0) is 9.59 Å². The van der Waals surface area contributed by atoms with Gasteiger partial charge in [0.1, 0.15) is 5.54 Å². The first-order valence-electron chi connectivity index (χ1n) is 6.32. The second-order valence-corrected chi connectivity index (χ2v) is 5.21. The molecule has 0 aromatic rings. The monoisotopic (exact) mass is 257 g/mol. The standard InChI is InChI=1S/C12H19NO5/c14-5-12(6-15,7-16)13-10(17)8-3-1-2-4-9(8)11(13)18/h8-9,14-16H,1-7H2. The van der Waals surface area contributed by atoms with Crippen LogP contribution in [0.25, 0.3) is 0 Å². The van der Waals surface area contributed by atoms with Crippen molar-refractivity contribution in [1.82, 2.24) is 4.90 Å². The highest BCUT2D eigenvalue weighted by Crippen LogP contribution is 2.40. The molecule has 2 rings (SSSR count). The molecule has 0 bridgehead atoms. The van der Waals surface area contributed by atoms with Crippen molar-refractivity contribution in [3.8, 4) is 0 Å². The lowest BCUT2D eigenvalue weighted by Crippen LogP contribution is -2.59. The Labute approximate surface area is 105 Å². The Kier molecular flexibility index (Phi) is 3.70. The lowest BCUT2D eigenvalue weighted by atomic mass is 9.81. The summed E-state index contributed by atoms with van der Waals surface area (Å²) in [7, 11) is 0. The molecule has 1 saturated carbocycles. The maximum atomic E-state index is 12.2. The summed E-state index contributed by atoms with van der Waals surface area (Å²) in [6, 6.07) is 0. The number of fused-ring (bicyclic) bond motifs is 1. The number of likely N-dealkylation sites (tertiary alicyclic amines) is 1. The zero-order valence-electron chi connectivity index (χ0n) is 10.2. The lowest BCUT2D eigenvalue weighted by molar-refractivity contribution is -0.155. The number of aliphatic hydroxyl groups is 3. The number of hydrogen-bond donors (Lipinski definition) is 3. The van der Waals surface area contributed by atoms with Gasteiger partial charge in [-0.2, -0.15) is 0 Å². The molecule has 1 saturated heterocycles. The van der Waals surface area contributed by atoms with Crippen LogP contribution in [0.15, 0.2) is 0 Å². The van der Waals surface area contributed by atoms with Crippen LogP contribution in [0.3, 0.4) is 0 Å². The molecule has 0 spiro atoms. The maximum Gasteiger partial charge on any atom is 0.233 e. The highest BCUT2D eigenvalue weighted by atomic mass is 16.3. The topological polar surface area (TPSA) is 98.1 Å². The third-order valence-electron chi connectivity index (χ3n) is 4.20. The minimum absolute atomic E-state index is 0.338. The van der Waals surface area contributed by atoms with Gasteiger partial charge in [-0.15, -0.1) is 0 Å². The minimum atomic E-state index is -1.56. The predicted molar refractivity (Wildman–Crippen MR) is 61.3 cm³/mol. The van der Waals surface area contributed by atoms with Crippen molar-refractivity contribution in [3.63, 3.8) is 0 Å². The Bertz CT molecular complexity index is 320. The fraction of sp³-hybridized carbons (Fsp3) is 0.833. The second kappa shape index (κ2) is 4.95. The van der Waals surface area contributed by atoms with E-state index in [2.05, 4.69) is 0 Å². The van der Waals surface area contributed by atoms with E-state index in [0.717, 1.165) is 17.7 Å². The molecule has 1 aliphatic heterocycles. The van der Waals surface area contributed by atoms with E-state index in [1.165, 1.54) is 0 Å². The molecule has 6 heteroatoms. The first-order valence-corrected chi connectivity index (χ1v) is 6.32. The average Bonchev–Trinajstić information content (AvgIpc) is 2.67. The molecule has 2 amide bonds. The smallest absolute Gasteiger partial charge is 0.233 e. The Hall–Kier alpha value is -0.980. The van der Waals surface area contributed by atoms with E-state index >= 15 is 0 Å². The largest absolute Gasteiger partial charge is 0.394 e. The molecular weight excluding hydrogens is 238 g/mol. The summed E-state index contributed by atoms with van der Waals surface area (Å²) in [6.45, 7) is -1.88. The summed E-state index contributed by atoms with van der Waals surface area (Å²) < 4.78 is 0. The van der Waals surface area contributed by atoms with E-state index in [9.17, 15) is 24.9 Å². The van der Waals surface area contributed by atoms with Gasteiger partial charge < -0.3 is 15.3 Å². The van der Waals surface area contributed by atoms with Crippen LogP contribution in [0.4, 0.5) is 0 Å². The Balaban J connectivity index is 2.33. The highest BCUT2D eigenvalue weighted by Gasteiger charge is 2.55. The average molecular weight is 257 g/mol. The van der Waals surface area contributed by atoms with Gasteiger partial charge >= 0.3 is 0 Å². The normalized spacial score (nSPS) is 28.7. The van der Waals surface area contributed by atoms with Crippen LogP contribution in [0.1, 0.15) is 25.7 Å². The van der Waals surface area contributed by atoms with E-state index in [4.69, 9.17) is 0 Å². The van der Waals surface area contributed by atoms with Crippen LogP contribution in [0, 0.1) is 11.8 Å². The number of aliphatic hydroxyl groups excluding tert-OH is 3. The third-order valence-corrected chi connectivity index (χ3v) is 4.20. The van der Waals surface area contributed by atoms with Gasteiger partial charge in [-0.1, -0.05) is 12.8 Å². The summed E-state index contributed by atoms with van der Waals surface area (Å²) in [5.74, 6) is -1.39. The Morgan fingerprint density at radius 2 is 1.33 bits per heavy atom. The quantitative estimate of drug-likeness (QED) is 0.554. The predicted octanol–water partition coefficient (Wildman–Crippen LogP) is -1.12. The van der Waals surface area contributed by atoms with Crippen molar-refractivity contribution in [1.29, 1.82) is 0 Å². The van der Waals surface area contributed by atoms with Crippen molar-refractivity contribution < 1.29 is 24.9 Å². The number of amides is 2. The molecule has 6 nitrogen and oxygen atoms in total. The molecule has 2 unspecified atom stereocenters. The van der Waals surface area contributed by atoms with Crippen molar-refractivity contribution in [3.05, 3.63) is 0 Å². The van der Waals surface area contributed by atoms with Crippen molar-refractivity contribution in [2.45, 2.75) is 31.2 Å². The van der Waals surface area contributed by atoms with Gasteiger partial charge in [0.05, 0.1) is 31.7 Å². The first kappa shape index (κ1) is 13.5. The number of nitrogens with zero attached hydrogens (tertiary/aromatic N) is 1. The number of rotatable bonds is 4. The van der Waals surface area contributed by atoms with Gasteiger partial charge in [-0.05, 0) is 12.8 Å². The molecular formula is C12H19NO5. The zero-order valence-corrected chi connectivity index (χ0v) is 10.2. The number of carbonyl (C=O) groups excluding carboxylic acids is 2. The van der Waals surface area contributed by atoms with Gasteiger partial charge in [-0.3, -0.25) is 14.5 Å². The molecule has 18 heavy (non-hydrogen) atoms. The molecule has 1 aliphatic carbocycles.